The first-order valence-electron chi connectivity index (χ1n) is 9.24. The average Bonchev–Trinajstić information content (AvgIpc) is 3.38. The monoisotopic (exact) mass is 418 g/mol. The van der Waals surface area contributed by atoms with Crippen molar-refractivity contribution in [2.75, 3.05) is 25.5 Å². The summed E-state index contributed by atoms with van der Waals surface area (Å²) in [4.78, 5) is 16.6. The highest BCUT2D eigenvalue weighted by Crippen LogP contribution is 2.23. The zero-order valence-corrected chi connectivity index (χ0v) is 16.8. The largest absolute Gasteiger partial charge is 0.495 e. The number of benzene rings is 1. The minimum absolute atomic E-state index is 0. The lowest BCUT2D eigenvalue weighted by atomic mass is 10.1. The maximum atomic E-state index is 12.3. The first-order chi connectivity index (χ1) is 13.7. The summed E-state index contributed by atoms with van der Waals surface area (Å²) >= 11 is 0. The number of halogens is 1. The molecule has 0 spiro atoms. The molecule has 0 saturated carbocycles. The number of carbonyl (C=O) groups excluding carboxylic acids is 1. The van der Waals surface area contributed by atoms with Gasteiger partial charge in [-0.25, -0.2) is 0 Å². The Hall–Kier alpha value is -2.91. The second-order valence-corrected chi connectivity index (χ2v) is 6.62. The van der Waals surface area contributed by atoms with Crippen molar-refractivity contribution in [1.82, 2.24) is 25.2 Å². The van der Waals surface area contributed by atoms with Crippen molar-refractivity contribution in [3.63, 3.8) is 0 Å². The van der Waals surface area contributed by atoms with Crippen LogP contribution in [0.4, 0.5) is 5.69 Å². The highest BCUT2D eigenvalue weighted by molar-refractivity contribution is 5.93. The number of methoxy groups -OCH3 is 1. The second kappa shape index (κ2) is 9.53. The molecule has 1 unspecified atom stereocenters. The van der Waals surface area contributed by atoms with E-state index in [-0.39, 0.29) is 24.7 Å². The van der Waals surface area contributed by atoms with E-state index < -0.39 is 0 Å². The standard InChI is InChI=1S/C19H22N6O3.ClH/c1-27-16-7-3-2-6-14(16)21-18(26)11-17-22-19(28-24-17)15-8-10-25(23-15)13-5-4-9-20-12-13;/h2-3,6-8,10,13,20H,4-5,9,11-12H2,1H3,(H,21,26);1H. The Morgan fingerprint density at radius 1 is 1.38 bits per heavy atom. The number of hydrogen-bond acceptors (Lipinski definition) is 7. The van der Waals surface area contributed by atoms with Crippen molar-refractivity contribution in [3.05, 3.63) is 42.4 Å². The topological polar surface area (TPSA) is 107 Å². The van der Waals surface area contributed by atoms with Crippen molar-refractivity contribution in [2.24, 2.45) is 0 Å². The number of hydrogen-bond donors (Lipinski definition) is 2. The number of amides is 1. The summed E-state index contributed by atoms with van der Waals surface area (Å²) in [6, 6.07) is 9.38. The third-order valence-corrected chi connectivity index (χ3v) is 4.64. The Labute approximate surface area is 174 Å². The lowest BCUT2D eigenvalue weighted by Crippen LogP contribution is -2.31. The lowest BCUT2D eigenvalue weighted by molar-refractivity contribution is -0.115. The van der Waals surface area contributed by atoms with Crippen LogP contribution in [0.25, 0.3) is 11.6 Å². The molecular weight excluding hydrogens is 396 g/mol. The molecular formula is C19H23ClN6O3. The maximum Gasteiger partial charge on any atom is 0.278 e. The number of ether oxygens (including phenoxy) is 1. The molecule has 10 heteroatoms. The number of piperidine rings is 1. The van der Waals surface area contributed by atoms with Gasteiger partial charge in [-0.3, -0.25) is 9.48 Å². The Kier molecular flexibility index (Phi) is 6.84. The second-order valence-electron chi connectivity index (χ2n) is 6.62. The summed E-state index contributed by atoms with van der Waals surface area (Å²) in [5.41, 5.74) is 1.20. The van der Waals surface area contributed by atoms with E-state index in [2.05, 4.69) is 25.9 Å². The minimum atomic E-state index is -0.254. The molecule has 1 amide bonds. The van der Waals surface area contributed by atoms with Gasteiger partial charge in [0, 0.05) is 12.7 Å². The minimum Gasteiger partial charge on any atom is -0.495 e. The average molecular weight is 419 g/mol. The quantitative estimate of drug-likeness (QED) is 0.633. The van der Waals surface area contributed by atoms with Crippen LogP contribution in [0.1, 0.15) is 24.7 Å². The van der Waals surface area contributed by atoms with Gasteiger partial charge < -0.3 is 19.9 Å². The van der Waals surface area contributed by atoms with Gasteiger partial charge >= 0.3 is 0 Å². The third-order valence-electron chi connectivity index (χ3n) is 4.64. The van der Waals surface area contributed by atoms with E-state index in [1.165, 1.54) is 0 Å². The first-order valence-corrected chi connectivity index (χ1v) is 9.24. The number of carbonyl (C=O) groups is 1. The van der Waals surface area contributed by atoms with Gasteiger partial charge in [-0.15, -0.1) is 12.4 Å². The normalized spacial score (nSPS) is 16.1. The molecule has 3 aromatic rings. The fraction of sp³-hybridized carbons (Fsp3) is 0.368. The Morgan fingerprint density at radius 3 is 3.03 bits per heavy atom. The lowest BCUT2D eigenvalue weighted by Gasteiger charge is -2.22. The van der Waals surface area contributed by atoms with Crippen molar-refractivity contribution in [3.8, 4) is 17.3 Å². The zero-order valence-electron chi connectivity index (χ0n) is 16.0. The van der Waals surface area contributed by atoms with E-state index in [0.29, 0.717) is 34.9 Å². The number of rotatable bonds is 6. The highest BCUT2D eigenvalue weighted by atomic mass is 35.5. The zero-order chi connectivity index (χ0) is 19.3. The van der Waals surface area contributed by atoms with Gasteiger partial charge in [0.15, 0.2) is 11.5 Å². The molecule has 1 aliphatic heterocycles. The van der Waals surface area contributed by atoms with Crippen LogP contribution in [-0.4, -0.2) is 46.0 Å². The smallest absolute Gasteiger partial charge is 0.278 e. The molecule has 1 aliphatic rings. The Balaban J connectivity index is 0.00000240. The van der Waals surface area contributed by atoms with Crippen molar-refractivity contribution >= 4 is 24.0 Å². The summed E-state index contributed by atoms with van der Waals surface area (Å²) in [5, 5.41) is 14.6. The van der Waals surface area contributed by atoms with E-state index in [1.807, 2.05) is 29.1 Å². The van der Waals surface area contributed by atoms with Crippen molar-refractivity contribution in [1.29, 1.82) is 0 Å². The number of nitrogens with zero attached hydrogens (tertiary/aromatic N) is 4. The molecule has 3 heterocycles. The van der Waals surface area contributed by atoms with E-state index in [1.54, 1.807) is 19.2 Å². The summed E-state index contributed by atoms with van der Waals surface area (Å²) in [7, 11) is 1.55. The molecule has 1 atom stereocenters. The number of aromatic nitrogens is 4. The number of para-hydroxylation sites is 2. The van der Waals surface area contributed by atoms with Crippen molar-refractivity contribution < 1.29 is 14.1 Å². The molecule has 2 N–H and O–H groups in total. The molecule has 0 bridgehead atoms. The molecule has 29 heavy (non-hydrogen) atoms. The number of nitrogens with one attached hydrogen (secondary N) is 2. The highest BCUT2D eigenvalue weighted by Gasteiger charge is 2.19. The first kappa shape index (κ1) is 20.8. The van der Waals surface area contributed by atoms with Gasteiger partial charge in [0.25, 0.3) is 5.89 Å². The molecule has 0 radical (unpaired) electrons. The van der Waals surface area contributed by atoms with E-state index in [0.717, 1.165) is 25.9 Å². The molecule has 1 fully saturated rings. The van der Waals surface area contributed by atoms with Crippen LogP contribution >= 0.6 is 12.4 Å². The third kappa shape index (κ3) is 4.93. The molecule has 9 nitrogen and oxygen atoms in total. The van der Waals surface area contributed by atoms with E-state index in [4.69, 9.17) is 9.26 Å². The molecule has 2 aromatic heterocycles. The molecule has 4 rings (SSSR count). The van der Waals surface area contributed by atoms with Crippen LogP contribution in [-0.2, 0) is 11.2 Å². The van der Waals surface area contributed by atoms with Crippen LogP contribution in [0.5, 0.6) is 5.75 Å². The van der Waals surface area contributed by atoms with Gasteiger partial charge in [0.05, 0.1) is 25.3 Å². The van der Waals surface area contributed by atoms with Crippen LogP contribution in [0.3, 0.4) is 0 Å². The van der Waals surface area contributed by atoms with Crippen LogP contribution in [0.15, 0.2) is 41.1 Å². The van der Waals surface area contributed by atoms with Crippen molar-refractivity contribution in [2.45, 2.75) is 25.3 Å². The van der Waals surface area contributed by atoms with E-state index >= 15 is 0 Å². The molecule has 1 saturated heterocycles. The fourth-order valence-corrected chi connectivity index (χ4v) is 3.23. The fourth-order valence-electron chi connectivity index (χ4n) is 3.23. The van der Waals surface area contributed by atoms with Crippen LogP contribution in [0.2, 0.25) is 0 Å². The summed E-state index contributed by atoms with van der Waals surface area (Å²) in [6.45, 7) is 1.95. The Bertz CT molecular complexity index is 951. The Morgan fingerprint density at radius 2 is 2.24 bits per heavy atom. The van der Waals surface area contributed by atoms with Gasteiger partial charge in [0.1, 0.15) is 5.75 Å². The van der Waals surface area contributed by atoms with E-state index in [9.17, 15) is 4.79 Å². The summed E-state index contributed by atoms with van der Waals surface area (Å²) < 4.78 is 12.5. The van der Waals surface area contributed by atoms with Gasteiger partial charge in [-0.2, -0.15) is 10.1 Å². The van der Waals surface area contributed by atoms with Gasteiger partial charge in [-0.05, 0) is 37.6 Å². The van der Waals surface area contributed by atoms with Gasteiger partial charge in [-0.1, -0.05) is 17.3 Å². The summed E-state index contributed by atoms with van der Waals surface area (Å²) in [6.07, 6.45) is 4.14. The maximum absolute atomic E-state index is 12.3. The number of anilines is 1. The van der Waals surface area contributed by atoms with Crippen LogP contribution < -0.4 is 15.4 Å². The SMILES string of the molecule is COc1ccccc1NC(=O)Cc1noc(-c2ccn(C3CCCNC3)n2)n1.Cl. The molecule has 1 aromatic carbocycles. The van der Waals surface area contributed by atoms with Crippen LogP contribution in [0, 0.1) is 0 Å². The predicted molar refractivity (Wildman–Crippen MR) is 109 cm³/mol. The predicted octanol–water partition coefficient (Wildman–Crippen LogP) is 2.47. The molecule has 0 aliphatic carbocycles. The summed E-state index contributed by atoms with van der Waals surface area (Å²) in [5.74, 6) is 0.946. The van der Waals surface area contributed by atoms with Gasteiger partial charge in [0.2, 0.25) is 5.91 Å². The molecule has 154 valence electrons.